The second-order valence-electron chi connectivity index (χ2n) is 4.55. The van der Waals surface area contributed by atoms with Crippen LogP contribution in [0.3, 0.4) is 0 Å². The maximum absolute atomic E-state index is 12.4. The molecule has 0 heterocycles. The van der Waals surface area contributed by atoms with E-state index in [1.165, 1.54) is 0 Å². The van der Waals surface area contributed by atoms with Crippen LogP contribution >= 0.6 is 23.2 Å². The normalized spacial score (nSPS) is 27.1. The van der Waals surface area contributed by atoms with Crippen LogP contribution in [0.5, 0.6) is 0 Å². The number of ketones is 1. The molecule has 1 aliphatic carbocycles. The van der Waals surface area contributed by atoms with E-state index < -0.39 is 17.1 Å². The minimum Gasteiger partial charge on any atom is -0.442 e. The summed E-state index contributed by atoms with van der Waals surface area (Å²) in [5.74, 6) is -0.360. The molecule has 19 heavy (non-hydrogen) atoms. The molecule has 1 aromatic carbocycles. The van der Waals surface area contributed by atoms with E-state index in [1.54, 1.807) is 24.3 Å². The smallest absolute Gasteiger partial charge is 0.404 e. The van der Waals surface area contributed by atoms with E-state index in [2.05, 4.69) is 0 Å². The standard InChI is InChI=1S/C13H13Cl2NO3/c14-9-5-2-1-4-8(9)13(16)7-3-6-10(11(13)17)19-12(15)18/h1-2,4-5,10H,3,6-7,16H2/t10-,13-/m0/s1. The summed E-state index contributed by atoms with van der Waals surface area (Å²) in [4.78, 5) is 23.2. The van der Waals surface area contributed by atoms with Crippen LogP contribution in [0.15, 0.2) is 24.3 Å². The molecule has 0 radical (unpaired) electrons. The zero-order valence-corrected chi connectivity index (χ0v) is 11.6. The van der Waals surface area contributed by atoms with Crippen LogP contribution in [0.4, 0.5) is 4.79 Å². The number of carbonyl (C=O) groups is 2. The molecule has 102 valence electrons. The topological polar surface area (TPSA) is 69.4 Å². The van der Waals surface area contributed by atoms with Gasteiger partial charge in [0.1, 0.15) is 5.54 Å². The molecular weight excluding hydrogens is 289 g/mol. The van der Waals surface area contributed by atoms with E-state index in [0.717, 1.165) is 0 Å². The van der Waals surface area contributed by atoms with Crippen LogP contribution < -0.4 is 5.73 Å². The molecule has 1 aromatic rings. The van der Waals surface area contributed by atoms with Crippen molar-refractivity contribution >= 4 is 34.4 Å². The first-order valence-corrected chi connectivity index (χ1v) is 6.65. The summed E-state index contributed by atoms with van der Waals surface area (Å²) in [5, 5.41) is 0.427. The van der Waals surface area contributed by atoms with Crippen molar-refractivity contribution in [3.8, 4) is 0 Å². The maximum atomic E-state index is 12.4. The van der Waals surface area contributed by atoms with Gasteiger partial charge in [-0.05, 0) is 30.9 Å². The summed E-state index contributed by atoms with van der Waals surface area (Å²) in [5.41, 5.74) is 4.55. The van der Waals surface area contributed by atoms with Crippen LogP contribution in [0, 0.1) is 0 Å². The fourth-order valence-electron chi connectivity index (χ4n) is 2.42. The summed E-state index contributed by atoms with van der Waals surface area (Å²) in [6.45, 7) is 0. The van der Waals surface area contributed by atoms with Crippen molar-refractivity contribution in [3.05, 3.63) is 34.9 Å². The lowest BCUT2D eigenvalue weighted by atomic mass is 9.75. The number of nitrogens with two attached hydrogens (primary N) is 1. The van der Waals surface area contributed by atoms with E-state index in [1.807, 2.05) is 0 Å². The van der Waals surface area contributed by atoms with Crippen LogP contribution in [-0.4, -0.2) is 17.3 Å². The monoisotopic (exact) mass is 301 g/mol. The van der Waals surface area contributed by atoms with Gasteiger partial charge in [-0.15, -0.1) is 0 Å². The molecule has 0 amide bonds. The summed E-state index contributed by atoms with van der Waals surface area (Å²) >= 11 is 11.3. The highest BCUT2D eigenvalue weighted by Crippen LogP contribution is 2.36. The fourth-order valence-corrected chi connectivity index (χ4v) is 2.83. The summed E-state index contributed by atoms with van der Waals surface area (Å²) < 4.78 is 4.81. The Balaban J connectivity index is 2.35. The Kier molecular flexibility index (Phi) is 4.13. The third-order valence-corrected chi connectivity index (χ3v) is 3.78. The molecule has 1 saturated carbocycles. The number of Topliss-reactive ketones (excluding diaryl/α,β-unsaturated/α-hetero) is 1. The van der Waals surface area contributed by atoms with Gasteiger partial charge in [0.25, 0.3) is 0 Å². The molecular formula is C13H13Cl2NO3. The quantitative estimate of drug-likeness (QED) is 0.853. The summed E-state index contributed by atoms with van der Waals surface area (Å²) in [6.07, 6.45) is 0.648. The molecule has 0 bridgehead atoms. The van der Waals surface area contributed by atoms with Gasteiger partial charge in [0.05, 0.1) is 0 Å². The lowest BCUT2D eigenvalue weighted by Crippen LogP contribution is -2.53. The fraction of sp³-hybridized carbons (Fsp3) is 0.385. The lowest BCUT2D eigenvalue weighted by Gasteiger charge is -2.36. The Morgan fingerprint density at radius 2 is 2.11 bits per heavy atom. The Bertz CT molecular complexity index is 520. The summed E-state index contributed by atoms with van der Waals surface area (Å²) in [7, 11) is 0. The van der Waals surface area contributed by atoms with Crippen molar-refractivity contribution in [1.82, 2.24) is 0 Å². The van der Waals surface area contributed by atoms with Gasteiger partial charge in [-0.25, -0.2) is 4.79 Å². The Morgan fingerprint density at radius 1 is 1.42 bits per heavy atom. The molecule has 2 rings (SSSR count). The van der Waals surface area contributed by atoms with E-state index in [-0.39, 0.29) is 5.78 Å². The minimum absolute atomic E-state index is 0.360. The molecule has 0 aromatic heterocycles. The second-order valence-corrected chi connectivity index (χ2v) is 5.27. The number of benzene rings is 1. The highest BCUT2D eigenvalue weighted by atomic mass is 35.5. The van der Waals surface area contributed by atoms with Crippen LogP contribution in [0.25, 0.3) is 0 Å². The second kappa shape index (κ2) is 5.49. The number of rotatable bonds is 2. The van der Waals surface area contributed by atoms with Crippen molar-refractivity contribution < 1.29 is 14.3 Å². The van der Waals surface area contributed by atoms with Gasteiger partial charge >= 0.3 is 5.43 Å². The SMILES string of the molecule is N[C@]1(c2ccccc2Cl)CCC[C@H](OC(=O)Cl)C1=O. The molecule has 1 aliphatic rings. The van der Waals surface area contributed by atoms with E-state index in [4.69, 9.17) is 33.7 Å². The van der Waals surface area contributed by atoms with E-state index in [0.29, 0.717) is 29.8 Å². The third-order valence-electron chi connectivity index (χ3n) is 3.36. The highest BCUT2D eigenvalue weighted by Gasteiger charge is 2.45. The molecule has 0 aliphatic heterocycles. The first-order chi connectivity index (χ1) is 8.95. The number of carbonyl (C=O) groups excluding carboxylic acids is 2. The minimum atomic E-state index is -1.23. The van der Waals surface area contributed by atoms with Gasteiger partial charge in [0, 0.05) is 16.6 Å². The Morgan fingerprint density at radius 3 is 2.74 bits per heavy atom. The predicted octanol–water partition coefficient (Wildman–Crippen LogP) is 2.99. The summed E-state index contributed by atoms with van der Waals surface area (Å²) in [6, 6.07) is 6.92. The zero-order chi connectivity index (χ0) is 14.0. The van der Waals surface area contributed by atoms with E-state index in [9.17, 15) is 9.59 Å². The number of ether oxygens (including phenoxy) is 1. The van der Waals surface area contributed by atoms with Gasteiger partial charge in [-0.3, -0.25) is 4.79 Å². The van der Waals surface area contributed by atoms with Gasteiger partial charge in [0.15, 0.2) is 11.9 Å². The number of hydrogen-bond acceptors (Lipinski definition) is 4. The third kappa shape index (κ3) is 2.76. The predicted molar refractivity (Wildman–Crippen MR) is 72.3 cm³/mol. The highest BCUT2D eigenvalue weighted by molar-refractivity contribution is 6.61. The molecule has 0 spiro atoms. The molecule has 4 nitrogen and oxygen atoms in total. The van der Waals surface area contributed by atoms with E-state index >= 15 is 0 Å². The molecule has 6 heteroatoms. The maximum Gasteiger partial charge on any atom is 0.404 e. The van der Waals surface area contributed by atoms with Crippen molar-refractivity contribution in [1.29, 1.82) is 0 Å². The van der Waals surface area contributed by atoms with Gasteiger partial charge in [0.2, 0.25) is 0 Å². The van der Waals surface area contributed by atoms with Crippen LogP contribution in [0.2, 0.25) is 5.02 Å². The first kappa shape index (κ1) is 14.3. The Labute approximate surface area is 120 Å². The number of hydrogen-bond donors (Lipinski definition) is 1. The van der Waals surface area contributed by atoms with Crippen LogP contribution in [0.1, 0.15) is 24.8 Å². The largest absolute Gasteiger partial charge is 0.442 e. The molecule has 1 fully saturated rings. The number of halogens is 2. The molecule has 0 unspecified atom stereocenters. The first-order valence-electron chi connectivity index (χ1n) is 5.89. The zero-order valence-electron chi connectivity index (χ0n) is 10.1. The van der Waals surface area contributed by atoms with Crippen molar-refractivity contribution in [3.63, 3.8) is 0 Å². The lowest BCUT2D eigenvalue weighted by molar-refractivity contribution is -0.135. The molecule has 0 saturated heterocycles. The van der Waals surface area contributed by atoms with Crippen LogP contribution in [-0.2, 0) is 15.1 Å². The Hall–Kier alpha value is -1.10. The van der Waals surface area contributed by atoms with Gasteiger partial charge in [-0.2, -0.15) is 0 Å². The van der Waals surface area contributed by atoms with Crippen molar-refractivity contribution in [2.24, 2.45) is 5.73 Å². The molecule has 2 N–H and O–H groups in total. The molecule has 2 atom stereocenters. The van der Waals surface area contributed by atoms with Gasteiger partial charge < -0.3 is 10.5 Å². The van der Waals surface area contributed by atoms with Crippen molar-refractivity contribution in [2.75, 3.05) is 0 Å². The van der Waals surface area contributed by atoms with Crippen molar-refractivity contribution in [2.45, 2.75) is 30.9 Å². The average Bonchev–Trinajstić information content (AvgIpc) is 2.35. The average molecular weight is 302 g/mol. The van der Waals surface area contributed by atoms with Gasteiger partial charge in [-0.1, -0.05) is 29.8 Å².